The number of fused-ring (bicyclic) bond motifs is 1. The predicted octanol–water partition coefficient (Wildman–Crippen LogP) is 3.65. The number of ether oxygens (including phenoxy) is 1. The molecule has 1 atom stereocenters. The van der Waals surface area contributed by atoms with Crippen molar-refractivity contribution in [3.8, 4) is 0 Å². The molecule has 2 aromatic rings. The molecule has 4 heteroatoms. The molecular formula is C14H17ClN2O. The zero-order valence-corrected chi connectivity index (χ0v) is 11.4. The fraction of sp³-hybridized carbons (Fsp3) is 0.357. The summed E-state index contributed by atoms with van der Waals surface area (Å²) in [5.74, 6) is 0.879. The largest absolute Gasteiger partial charge is 0.383 e. The number of nitrogens with two attached hydrogens (primary N) is 1. The first kappa shape index (κ1) is 13.1. The molecule has 18 heavy (non-hydrogen) atoms. The highest BCUT2D eigenvalue weighted by Gasteiger charge is 2.10. The Morgan fingerprint density at radius 2 is 2.17 bits per heavy atom. The van der Waals surface area contributed by atoms with Crippen LogP contribution in [0.1, 0.15) is 30.6 Å². The van der Waals surface area contributed by atoms with Crippen molar-refractivity contribution in [2.24, 2.45) is 0 Å². The second kappa shape index (κ2) is 5.55. The Kier molecular flexibility index (Phi) is 4.04. The second-order valence-corrected chi connectivity index (χ2v) is 4.52. The number of benzene rings is 1. The van der Waals surface area contributed by atoms with Crippen LogP contribution in [0, 0.1) is 0 Å². The molecule has 0 aliphatic heterocycles. The number of hydrogen-bond donors (Lipinski definition) is 1. The minimum atomic E-state index is 0.117. The van der Waals surface area contributed by atoms with Gasteiger partial charge in [-0.1, -0.05) is 13.0 Å². The maximum absolute atomic E-state index is 5.84. The maximum atomic E-state index is 5.84. The highest BCUT2D eigenvalue weighted by Crippen LogP contribution is 2.26. The van der Waals surface area contributed by atoms with Crippen molar-refractivity contribution >= 4 is 28.3 Å². The van der Waals surface area contributed by atoms with Gasteiger partial charge in [-0.15, -0.1) is 11.6 Å². The van der Waals surface area contributed by atoms with Crippen molar-refractivity contribution in [1.82, 2.24) is 4.98 Å². The highest BCUT2D eigenvalue weighted by molar-refractivity contribution is 6.17. The van der Waals surface area contributed by atoms with E-state index in [4.69, 9.17) is 22.1 Å². The third-order valence-electron chi connectivity index (χ3n) is 3.12. The molecule has 0 amide bonds. The number of anilines is 1. The average molecular weight is 265 g/mol. The van der Waals surface area contributed by atoms with E-state index in [9.17, 15) is 0 Å². The molecule has 1 aromatic carbocycles. The molecule has 2 N–H and O–H groups in total. The summed E-state index contributed by atoms with van der Waals surface area (Å²) >= 11 is 5.84. The van der Waals surface area contributed by atoms with Crippen LogP contribution in [-0.2, 0) is 10.6 Å². The van der Waals surface area contributed by atoms with Crippen molar-refractivity contribution in [3.05, 3.63) is 35.4 Å². The Labute approximate surface area is 112 Å². The Bertz CT molecular complexity index is 553. The highest BCUT2D eigenvalue weighted by atomic mass is 35.5. The van der Waals surface area contributed by atoms with Crippen molar-refractivity contribution < 1.29 is 4.74 Å². The van der Waals surface area contributed by atoms with Crippen LogP contribution in [0.25, 0.3) is 10.9 Å². The molecule has 1 aromatic heterocycles. The maximum Gasteiger partial charge on any atom is 0.128 e. The van der Waals surface area contributed by atoms with Gasteiger partial charge in [-0.3, -0.25) is 0 Å². The van der Waals surface area contributed by atoms with Gasteiger partial charge in [0.15, 0.2) is 0 Å². The third kappa shape index (κ3) is 2.42. The molecule has 0 bridgehead atoms. The Balaban J connectivity index is 2.53. The van der Waals surface area contributed by atoms with Crippen LogP contribution < -0.4 is 5.73 Å². The van der Waals surface area contributed by atoms with Crippen molar-refractivity contribution in [2.75, 3.05) is 12.8 Å². The van der Waals surface area contributed by atoms with E-state index in [1.54, 1.807) is 7.11 Å². The van der Waals surface area contributed by atoms with Gasteiger partial charge < -0.3 is 10.5 Å². The SMILES string of the molecule is CCC(OC)c1ccc2nc(N)c(CCl)cc2c1. The first-order valence-corrected chi connectivity index (χ1v) is 6.50. The summed E-state index contributed by atoms with van der Waals surface area (Å²) in [6, 6.07) is 8.10. The number of alkyl halides is 1. The van der Waals surface area contributed by atoms with Gasteiger partial charge in [0.1, 0.15) is 5.82 Å². The number of hydrogen-bond acceptors (Lipinski definition) is 3. The third-order valence-corrected chi connectivity index (χ3v) is 3.41. The molecule has 0 aliphatic carbocycles. The number of pyridine rings is 1. The van der Waals surface area contributed by atoms with Gasteiger partial charge in [-0.25, -0.2) is 4.98 Å². The molecule has 0 saturated heterocycles. The number of methoxy groups -OCH3 is 1. The van der Waals surface area contributed by atoms with E-state index in [0.717, 1.165) is 28.5 Å². The first-order chi connectivity index (χ1) is 8.69. The smallest absolute Gasteiger partial charge is 0.128 e. The number of rotatable bonds is 4. The van der Waals surface area contributed by atoms with E-state index in [0.29, 0.717) is 11.7 Å². The van der Waals surface area contributed by atoms with Gasteiger partial charge in [0.2, 0.25) is 0 Å². The molecule has 0 radical (unpaired) electrons. The van der Waals surface area contributed by atoms with Crippen molar-refractivity contribution in [2.45, 2.75) is 25.3 Å². The van der Waals surface area contributed by atoms with Gasteiger partial charge in [0.25, 0.3) is 0 Å². The van der Waals surface area contributed by atoms with Crippen molar-refractivity contribution in [1.29, 1.82) is 0 Å². The molecule has 0 aliphatic rings. The lowest BCUT2D eigenvalue weighted by molar-refractivity contribution is 0.100. The summed E-state index contributed by atoms with van der Waals surface area (Å²) in [5, 5.41) is 1.05. The Hall–Kier alpha value is -1.32. The van der Waals surface area contributed by atoms with Crippen LogP contribution in [0.3, 0.4) is 0 Å². The number of aromatic nitrogens is 1. The fourth-order valence-electron chi connectivity index (χ4n) is 2.10. The first-order valence-electron chi connectivity index (χ1n) is 5.97. The minimum Gasteiger partial charge on any atom is -0.383 e. The van der Waals surface area contributed by atoms with Crippen LogP contribution in [0.2, 0.25) is 0 Å². The van der Waals surface area contributed by atoms with Gasteiger partial charge >= 0.3 is 0 Å². The van der Waals surface area contributed by atoms with E-state index >= 15 is 0 Å². The molecule has 96 valence electrons. The van der Waals surface area contributed by atoms with E-state index in [1.165, 1.54) is 0 Å². The average Bonchev–Trinajstić information content (AvgIpc) is 2.39. The topological polar surface area (TPSA) is 48.1 Å². The predicted molar refractivity (Wildman–Crippen MR) is 75.8 cm³/mol. The summed E-state index contributed by atoms with van der Waals surface area (Å²) in [6.07, 6.45) is 1.05. The van der Waals surface area contributed by atoms with E-state index in [-0.39, 0.29) is 6.10 Å². The number of halogens is 1. The summed E-state index contributed by atoms with van der Waals surface area (Å²) in [7, 11) is 1.73. The molecule has 2 rings (SSSR count). The van der Waals surface area contributed by atoms with Crippen LogP contribution in [0.5, 0.6) is 0 Å². The summed E-state index contributed by atoms with van der Waals surface area (Å²) in [6.45, 7) is 2.10. The zero-order chi connectivity index (χ0) is 13.1. The minimum absolute atomic E-state index is 0.117. The van der Waals surface area contributed by atoms with Crippen LogP contribution in [0.4, 0.5) is 5.82 Å². The lowest BCUT2D eigenvalue weighted by Crippen LogP contribution is -2.01. The normalized spacial score (nSPS) is 12.8. The Morgan fingerprint density at radius 3 is 2.78 bits per heavy atom. The molecule has 0 fully saturated rings. The van der Waals surface area contributed by atoms with Crippen LogP contribution in [-0.4, -0.2) is 12.1 Å². The second-order valence-electron chi connectivity index (χ2n) is 4.25. The summed E-state index contributed by atoms with van der Waals surface area (Å²) < 4.78 is 5.44. The summed E-state index contributed by atoms with van der Waals surface area (Å²) in [4.78, 5) is 4.35. The van der Waals surface area contributed by atoms with E-state index in [1.807, 2.05) is 18.2 Å². The van der Waals surface area contributed by atoms with E-state index in [2.05, 4.69) is 18.0 Å². The number of nitrogen functional groups attached to an aromatic ring is 1. The van der Waals surface area contributed by atoms with Gasteiger partial charge in [0.05, 0.1) is 17.5 Å². The van der Waals surface area contributed by atoms with Crippen LogP contribution >= 0.6 is 11.6 Å². The molecular weight excluding hydrogens is 248 g/mol. The zero-order valence-electron chi connectivity index (χ0n) is 10.6. The molecule has 0 spiro atoms. The molecule has 1 heterocycles. The summed E-state index contributed by atoms with van der Waals surface area (Å²) in [5.41, 5.74) is 8.73. The Morgan fingerprint density at radius 1 is 1.39 bits per heavy atom. The quantitative estimate of drug-likeness (QED) is 0.858. The standard InChI is InChI=1S/C14H17ClN2O/c1-3-13(18-2)9-4-5-12-10(6-9)7-11(8-15)14(16)17-12/h4-7,13H,3,8H2,1-2H3,(H2,16,17). The van der Waals surface area contributed by atoms with E-state index < -0.39 is 0 Å². The van der Waals surface area contributed by atoms with Gasteiger partial charge in [0, 0.05) is 18.1 Å². The fourth-order valence-corrected chi connectivity index (χ4v) is 2.31. The van der Waals surface area contributed by atoms with Crippen molar-refractivity contribution in [3.63, 3.8) is 0 Å². The number of nitrogens with zero attached hydrogens (tertiary/aromatic N) is 1. The molecule has 3 nitrogen and oxygen atoms in total. The molecule has 1 unspecified atom stereocenters. The lowest BCUT2D eigenvalue weighted by atomic mass is 10.0. The molecule has 0 saturated carbocycles. The van der Waals surface area contributed by atoms with Gasteiger partial charge in [-0.2, -0.15) is 0 Å². The monoisotopic (exact) mass is 264 g/mol. The van der Waals surface area contributed by atoms with Gasteiger partial charge in [-0.05, 0) is 30.2 Å². The van der Waals surface area contributed by atoms with Crippen LogP contribution in [0.15, 0.2) is 24.3 Å². The lowest BCUT2D eigenvalue weighted by Gasteiger charge is -2.14.